The molecule has 0 aliphatic heterocycles. The Bertz CT molecular complexity index is 296. The van der Waals surface area contributed by atoms with Gasteiger partial charge in [0.05, 0.1) is 0 Å². The van der Waals surface area contributed by atoms with Crippen molar-refractivity contribution in [2.45, 2.75) is 13.3 Å². The van der Waals surface area contributed by atoms with Crippen LogP contribution in [-0.4, -0.2) is 10.4 Å². The number of rotatable bonds is 2. The van der Waals surface area contributed by atoms with Gasteiger partial charge in [0, 0.05) is 5.56 Å². The molecule has 1 N–H and O–H groups in total. The van der Waals surface area contributed by atoms with Gasteiger partial charge in [-0.1, -0.05) is 47.9 Å². The Hall–Kier alpha value is -1.02. The third kappa shape index (κ3) is 1.77. The van der Waals surface area contributed by atoms with Crippen molar-refractivity contribution in [2.24, 2.45) is 5.16 Å². The molecular formula is C9H10ClNO. The third-order valence-corrected chi connectivity index (χ3v) is 1.99. The quantitative estimate of drug-likeness (QED) is 0.427. The van der Waals surface area contributed by atoms with E-state index in [-0.39, 0.29) is 5.17 Å². The highest BCUT2D eigenvalue weighted by Crippen LogP contribution is 2.12. The minimum Gasteiger partial charge on any atom is -0.410 e. The van der Waals surface area contributed by atoms with Crippen LogP contribution in [0.3, 0.4) is 0 Å². The van der Waals surface area contributed by atoms with Crippen LogP contribution in [0.1, 0.15) is 18.1 Å². The Morgan fingerprint density at radius 3 is 2.75 bits per heavy atom. The maximum Gasteiger partial charge on any atom is 0.175 e. The highest BCUT2D eigenvalue weighted by atomic mass is 35.5. The molecule has 0 aliphatic rings. The normalized spacial score (nSPS) is 11.7. The van der Waals surface area contributed by atoms with E-state index >= 15 is 0 Å². The first-order valence-electron chi connectivity index (χ1n) is 3.75. The molecule has 1 aromatic carbocycles. The molecule has 0 fully saturated rings. The number of hydrogen-bond donors (Lipinski definition) is 1. The summed E-state index contributed by atoms with van der Waals surface area (Å²) in [5.41, 5.74) is 1.88. The second kappa shape index (κ2) is 4.12. The second-order valence-corrected chi connectivity index (χ2v) is 2.76. The summed E-state index contributed by atoms with van der Waals surface area (Å²) in [5.74, 6) is 0. The van der Waals surface area contributed by atoms with E-state index in [1.807, 2.05) is 31.2 Å². The number of halogens is 1. The van der Waals surface area contributed by atoms with Gasteiger partial charge in [-0.25, -0.2) is 0 Å². The molecule has 0 aliphatic carbocycles. The Kier molecular flexibility index (Phi) is 3.11. The van der Waals surface area contributed by atoms with Crippen LogP contribution in [0.2, 0.25) is 0 Å². The Balaban J connectivity index is 3.13. The van der Waals surface area contributed by atoms with Gasteiger partial charge in [-0.15, -0.1) is 0 Å². The third-order valence-electron chi connectivity index (χ3n) is 1.71. The first-order valence-corrected chi connectivity index (χ1v) is 4.13. The molecule has 0 spiro atoms. The van der Waals surface area contributed by atoms with Gasteiger partial charge < -0.3 is 5.21 Å². The summed E-state index contributed by atoms with van der Waals surface area (Å²) >= 11 is 5.67. The fourth-order valence-electron chi connectivity index (χ4n) is 1.08. The highest BCUT2D eigenvalue weighted by Gasteiger charge is 2.04. The van der Waals surface area contributed by atoms with Gasteiger partial charge >= 0.3 is 0 Å². The smallest absolute Gasteiger partial charge is 0.175 e. The largest absolute Gasteiger partial charge is 0.410 e. The molecule has 0 amide bonds. The van der Waals surface area contributed by atoms with Crippen LogP contribution in [0.5, 0.6) is 0 Å². The molecule has 0 unspecified atom stereocenters. The fourth-order valence-corrected chi connectivity index (χ4v) is 1.27. The zero-order chi connectivity index (χ0) is 8.97. The van der Waals surface area contributed by atoms with Gasteiger partial charge in [-0.05, 0) is 12.0 Å². The molecule has 0 atom stereocenters. The van der Waals surface area contributed by atoms with Crippen LogP contribution in [0.15, 0.2) is 29.4 Å². The summed E-state index contributed by atoms with van der Waals surface area (Å²) in [6.07, 6.45) is 0.877. The van der Waals surface area contributed by atoms with Crippen molar-refractivity contribution in [1.82, 2.24) is 0 Å². The van der Waals surface area contributed by atoms with Gasteiger partial charge in [0.1, 0.15) is 0 Å². The van der Waals surface area contributed by atoms with Gasteiger partial charge in [-0.3, -0.25) is 0 Å². The van der Waals surface area contributed by atoms with Crippen LogP contribution >= 0.6 is 11.6 Å². The van der Waals surface area contributed by atoms with E-state index in [1.165, 1.54) is 0 Å². The lowest BCUT2D eigenvalue weighted by molar-refractivity contribution is 0.321. The summed E-state index contributed by atoms with van der Waals surface area (Å²) in [6.45, 7) is 2.03. The standard InChI is InChI=1S/C9H10ClNO/c1-2-7-5-3-4-6-8(7)9(10)11-12/h3-6,12H,2H2,1H3. The molecule has 0 saturated carbocycles. The van der Waals surface area contributed by atoms with Crippen LogP contribution in [0.25, 0.3) is 0 Å². The Morgan fingerprint density at radius 1 is 1.50 bits per heavy atom. The second-order valence-electron chi connectivity index (χ2n) is 2.40. The van der Waals surface area contributed by atoms with E-state index in [9.17, 15) is 0 Å². The lowest BCUT2D eigenvalue weighted by Crippen LogP contribution is -1.96. The predicted molar refractivity (Wildman–Crippen MR) is 50.0 cm³/mol. The summed E-state index contributed by atoms with van der Waals surface area (Å²) in [7, 11) is 0. The molecule has 1 rings (SSSR count). The van der Waals surface area contributed by atoms with E-state index < -0.39 is 0 Å². The Labute approximate surface area is 76.5 Å². The lowest BCUT2D eigenvalue weighted by Gasteiger charge is -2.02. The SMILES string of the molecule is CCc1ccccc1C(Cl)=NO. The van der Waals surface area contributed by atoms with E-state index in [2.05, 4.69) is 5.16 Å². The monoisotopic (exact) mass is 183 g/mol. The van der Waals surface area contributed by atoms with Crippen molar-refractivity contribution in [3.05, 3.63) is 35.4 Å². The molecule has 12 heavy (non-hydrogen) atoms. The summed E-state index contributed by atoms with van der Waals surface area (Å²) in [4.78, 5) is 0. The van der Waals surface area contributed by atoms with Crippen LogP contribution in [0, 0.1) is 0 Å². The van der Waals surface area contributed by atoms with Gasteiger partial charge in [-0.2, -0.15) is 0 Å². The van der Waals surface area contributed by atoms with Crippen molar-refractivity contribution in [1.29, 1.82) is 0 Å². The number of oxime groups is 1. The van der Waals surface area contributed by atoms with Crippen molar-refractivity contribution in [3.63, 3.8) is 0 Å². The van der Waals surface area contributed by atoms with Crippen molar-refractivity contribution in [3.8, 4) is 0 Å². The van der Waals surface area contributed by atoms with Crippen molar-refractivity contribution in [2.75, 3.05) is 0 Å². The summed E-state index contributed by atoms with van der Waals surface area (Å²) in [5, 5.41) is 11.6. The molecule has 2 nitrogen and oxygen atoms in total. The molecule has 0 bridgehead atoms. The summed E-state index contributed by atoms with van der Waals surface area (Å²) in [6, 6.07) is 7.59. The van der Waals surface area contributed by atoms with Crippen molar-refractivity contribution < 1.29 is 5.21 Å². The topological polar surface area (TPSA) is 32.6 Å². The van der Waals surface area contributed by atoms with Gasteiger partial charge in [0.2, 0.25) is 0 Å². The lowest BCUT2D eigenvalue weighted by atomic mass is 10.1. The zero-order valence-electron chi connectivity index (χ0n) is 6.79. The van der Waals surface area contributed by atoms with Crippen molar-refractivity contribution >= 4 is 16.8 Å². The molecule has 0 radical (unpaired) electrons. The molecular weight excluding hydrogens is 174 g/mol. The van der Waals surface area contributed by atoms with E-state index in [0.29, 0.717) is 0 Å². The zero-order valence-corrected chi connectivity index (χ0v) is 7.54. The summed E-state index contributed by atoms with van der Waals surface area (Å²) < 4.78 is 0. The highest BCUT2D eigenvalue weighted by molar-refractivity contribution is 6.69. The molecule has 3 heteroatoms. The van der Waals surface area contributed by atoms with Gasteiger partial charge in [0.25, 0.3) is 0 Å². The minimum absolute atomic E-state index is 0.146. The fraction of sp³-hybridized carbons (Fsp3) is 0.222. The number of benzene rings is 1. The maximum atomic E-state index is 8.46. The predicted octanol–water partition coefficient (Wildman–Crippen LogP) is 2.62. The minimum atomic E-state index is 0.146. The average Bonchev–Trinajstić information content (AvgIpc) is 2.16. The number of aryl methyl sites for hydroxylation is 1. The molecule has 64 valence electrons. The van der Waals surface area contributed by atoms with Crippen LogP contribution in [-0.2, 0) is 6.42 Å². The maximum absolute atomic E-state index is 8.46. The number of hydrogen-bond acceptors (Lipinski definition) is 2. The van der Waals surface area contributed by atoms with Crippen LogP contribution in [0.4, 0.5) is 0 Å². The first-order chi connectivity index (χ1) is 5.79. The van der Waals surface area contributed by atoms with E-state index in [0.717, 1.165) is 17.5 Å². The van der Waals surface area contributed by atoms with E-state index in [4.69, 9.17) is 16.8 Å². The van der Waals surface area contributed by atoms with Gasteiger partial charge in [0.15, 0.2) is 5.17 Å². The van der Waals surface area contributed by atoms with Crippen LogP contribution < -0.4 is 0 Å². The average molecular weight is 184 g/mol. The van der Waals surface area contributed by atoms with E-state index in [1.54, 1.807) is 0 Å². The molecule has 0 aromatic heterocycles. The number of nitrogens with zero attached hydrogens (tertiary/aromatic N) is 1. The first kappa shape index (κ1) is 9.07. The Morgan fingerprint density at radius 2 is 2.17 bits per heavy atom. The molecule has 0 saturated heterocycles. The molecule has 1 aromatic rings. The molecule has 0 heterocycles.